The first-order chi connectivity index (χ1) is 14.2. The summed E-state index contributed by atoms with van der Waals surface area (Å²) in [5, 5.41) is 0. The highest BCUT2D eigenvalue weighted by Gasteiger charge is 2.55. The first kappa shape index (κ1) is 18.5. The maximum atomic E-state index is 14.1. The quantitative estimate of drug-likeness (QED) is 0.842. The lowest BCUT2D eigenvalue weighted by atomic mass is 10.1. The summed E-state index contributed by atoms with van der Waals surface area (Å²) >= 11 is 0. The average Bonchev–Trinajstić information content (AvgIpc) is 2.98. The molecule has 0 bridgehead atoms. The fourth-order valence-corrected chi connectivity index (χ4v) is 4.51. The van der Waals surface area contributed by atoms with Gasteiger partial charge in [0.1, 0.15) is 5.82 Å². The van der Waals surface area contributed by atoms with Crippen molar-refractivity contribution in [2.24, 2.45) is 0 Å². The van der Waals surface area contributed by atoms with Gasteiger partial charge in [0.15, 0.2) is 6.67 Å². The van der Waals surface area contributed by atoms with Gasteiger partial charge < -0.3 is 19.3 Å². The van der Waals surface area contributed by atoms with E-state index in [9.17, 15) is 9.18 Å². The molecule has 0 aliphatic carbocycles. The zero-order valence-corrected chi connectivity index (χ0v) is 16.3. The van der Waals surface area contributed by atoms with E-state index in [0.29, 0.717) is 25.6 Å². The van der Waals surface area contributed by atoms with Gasteiger partial charge in [-0.05, 0) is 24.6 Å². The molecule has 7 heteroatoms. The number of amides is 1. The van der Waals surface area contributed by atoms with Crippen LogP contribution in [0.25, 0.3) is 0 Å². The molecule has 3 heterocycles. The number of nitrogens with zero attached hydrogens (tertiary/aromatic N) is 2. The summed E-state index contributed by atoms with van der Waals surface area (Å²) in [7, 11) is 0. The minimum Gasteiger partial charge on any atom is -0.358 e. The van der Waals surface area contributed by atoms with E-state index in [4.69, 9.17) is 9.47 Å². The fraction of sp³-hybridized carbons (Fsp3) is 0.409. The van der Waals surface area contributed by atoms with Crippen LogP contribution in [0.1, 0.15) is 12.0 Å². The number of halogens is 1. The van der Waals surface area contributed by atoms with Crippen molar-refractivity contribution in [2.75, 3.05) is 55.9 Å². The number of piperazine rings is 1. The first-order valence-corrected chi connectivity index (χ1v) is 10.2. The molecule has 152 valence electrons. The van der Waals surface area contributed by atoms with Gasteiger partial charge in [0.2, 0.25) is 0 Å². The number of carbonyl (C=O) groups excluding carboxylic acids is 1. The van der Waals surface area contributed by atoms with Crippen LogP contribution in [0, 0.1) is 5.82 Å². The van der Waals surface area contributed by atoms with Gasteiger partial charge in [-0.25, -0.2) is 4.39 Å². The molecule has 6 nitrogen and oxygen atoms in total. The fourth-order valence-electron chi connectivity index (χ4n) is 4.51. The highest BCUT2D eigenvalue weighted by molar-refractivity contribution is 6.05. The van der Waals surface area contributed by atoms with Crippen LogP contribution in [0.4, 0.5) is 15.8 Å². The third kappa shape index (κ3) is 3.10. The number of hydrogen-bond acceptors (Lipinski definition) is 4. The highest BCUT2D eigenvalue weighted by Crippen LogP contribution is 2.44. The second-order valence-corrected chi connectivity index (χ2v) is 7.76. The van der Waals surface area contributed by atoms with E-state index in [1.165, 1.54) is 11.0 Å². The molecule has 5 rings (SSSR count). The van der Waals surface area contributed by atoms with Gasteiger partial charge >= 0.3 is 0 Å². The van der Waals surface area contributed by atoms with Gasteiger partial charge in [0.05, 0.1) is 50.8 Å². The molecule has 1 spiro atoms. The largest absolute Gasteiger partial charge is 0.358 e. The lowest BCUT2D eigenvalue weighted by molar-refractivity contribution is -0.899. The summed E-state index contributed by atoms with van der Waals surface area (Å²) < 4.78 is 25.9. The molecule has 0 aromatic heterocycles. The summed E-state index contributed by atoms with van der Waals surface area (Å²) in [6.45, 7) is 4.74. The van der Waals surface area contributed by atoms with Crippen LogP contribution in [0.2, 0.25) is 0 Å². The third-order valence-electron chi connectivity index (χ3n) is 6.02. The number of rotatable bonds is 3. The lowest BCUT2D eigenvalue weighted by Crippen LogP contribution is -3.16. The van der Waals surface area contributed by atoms with Crippen molar-refractivity contribution in [1.82, 2.24) is 0 Å². The van der Waals surface area contributed by atoms with Gasteiger partial charge in [-0.1, -0.05) is 30.3 Å². The number of carbonyl (C=O) groups is 1. The van der Waals surface area contributed by atoms with Crippen molar-refractivity contribution in [1.29, 1.82) is 0 Å². The van der Waals surface area contributed by atoms with Gasteiger partial charge in [0.25, 0.3) is 11.7 Å². The van der Waals surface area contributed by atoms with E-state index in [1.807, 2.05) is 36.4 Å². The van der Waals surface area contributed by atoms with E-state index in [1.54, 1.807) is 11.0 Å². The van der Waals surface area contributed by atoms with Crippen molar-refractivity contribution in [2.45, 2.75) is 12.2 Å². The van der Waals surface area contributed by atoms with Crippen molar-refractivity contribution < 1.29 is 23.6 Å². The maximum absolute atomic E-state index is 14.1. The number of fused-ring (bicyclic) bond motifs is 2. The van der Waals surface area contributed by atoms with Gasteiger partial charge in [0, 0.05) is 5.56 Å². The second-order valence-electron chi connectivity index (χ2n) is 7.76. The topological polar surface area (TPSA) is 46.5 Å². The molecule has 29 heavy (non-hydrogen) atoms. The van der Waals surface area contributed by atoms with Gasteiger partial charge in [-0.15, -0.1) is 0 Å². The molecular weight excluding hydrogens is 373 g/mol. The van der Waals surface area contributed by atoms with Crippen molar-refractivity contribution in [3.8, 4) is 0 Å². The van der Waals surface area contributed by atoms with Gasteiger partial charge in [-0.3, -0.25) is 9.69 Å². The zero-order valence-electron chi connectivity index (χ0n) is 16.3. The Hall–Kier alpha value is -2.48. The Labute approximate surface area is 169 Å². The maximum Gasteiger partial charge on any atom is 0.296 e. The Morgan fingerprint density at radius 2 is 1.62 bits per heavy atom. The standard InChI is InChI=1S/C22H24FN3O3/c23-18-7-2-4-9-20(18)25-12-10-24(11-13-25)16-26-19-8-3-1-6-17(19)22(21(26)27)28-14-5-15-29-22/h1-4,6-9H,5,10-16H2/p+1. The van der Waals surface area contributed by atoms with E-state index >= 15 is 0 Å². The molecule has 2 aromatic carbocycles. The Morgan fingerprint density at radius 1 is 0.966 bits per heavy atom. The van der Waals surface area contributed by atoms with Crippen molar-refractivity contribution in [3.63, 3.8) is 0 Å². The van der Waals surface area contributed by atoms with Crippen LogP contribution in [-0.4, -0.2) is 52.0 Å². The molecule has 2 saturated heterocycles. The molecule has 1 N–H and O–H groups in total. The molecule has 1 amide bonds. The Kier molecular flexibility index (Phi) is 4.73. The van der Waals surface area contributed by atoms with Crippen molar-refractivity contribution in [3.05, 3.63) is 59.9 Å². The summed E-state index contributed by atoms with van der Waals surface area (Å²) in [5.74, 6) is -1.61. The second kappa shape index (κ2) is 7.40. The predicted molar refractivity (Wildman–Crippen MR) is 106 cm³/mol. The number of para-hydroxylation sites is 2. The van der Waals surface area contributed by atoms with E-state index in [2.05, 4.69) is 4.90 Å². The average molecular weight is 398 g/mol. The van der Waals surface area contributed by atoms with Crippen LogP contribution >= 0.6 is 0 Å². The molecule has 2 fully saturated rings. The van der Waals surface area contributed by atoms with Gasteiger partial charge in [-0.2, -0.15) is 0 Å². The number of benzene rings is 2. The summed E-state index contributed by atoms with van der Waals surface area (Å²) in [5.41, 5.74) is 2.31. The number of anilines is 2. The first-order valence-electron chi connectivity index (χ1n) is 10.2. The molecular formula is C22H25FN3O3+. The zero-order chi connectivity index (χ0) is 19.8. The SMILES string of the molecule is O=C1N(C[NH+]2CCN(c3ccccc3F)CC2)c2ccccc2C12OCCCO2. The highest BCUT2D eigenvalue weighted by atomic mass is 19.1. The van der Waals surface area contributed by atoms with Crippen LogP contribution in [-0.2, 0) is 20.1 Å². The van der Waals surface area contributed by atoms with Crippen LogP contribution < -0.4 is 14.7 Å². The van der Waals surface area contributed by atoms with E-state index in [0.717, 1.165) is 43.9 Å². The van der Waals surface area contributed by atoms with Crippen LogP contribution in [0.15, 0.2) is 48.5 Å². The summed E-state index contributed by atoms with van der Waals surface area (Å²) in [6.07, 6.45) is 0.792. The smallest absolute Gasteiger partial charge is 0.296 e. The Morgan fingerprint density at radius 3 is 2.34 bits per heavy atom. The number of nitrogens with one attached hydrogen (secondary N) is 1. The third-order valence-corrected chi connectivity index (χ3v) is 6.02. The molecule has 3 aliphatic rings. The van der Waals surface area contributed by atoms with E-state index in [-0.39, 0.29) is 11.7 Å². The molecule has 2 aromatic rings. The van der Waals surface area contributed by atoms with Crippen LogP contribution in [0.5, 0.6) is 0 Å². The monoisotopic (exact) mass is 398 g/mol. The minimum atomic E-state index is -1.29. The number of ether oxygens (including phenoxy) is 2. The molecule has 0 saturated carbocycles. The summed E-state index contributed by atoms with van der Waals surface area (Å²) in [6, 6.07) is 14.6. The van der Waals surface area contributed by atoms with E-state index < -0.39 is 5.79 Å². The van der Waals surface area contributed by atoms with Crippen molar-refractivity contribution >= 4 is 17.3 Å². The normalized spacial score (nSPS) is 21.6. The lowest BCUT2D eigenvalue weighted by Gasteiger charge is -2.36. The Balaban J connectivity index is 1.31. The number of quaternary nitrogens is 1. The molecule has 3 aliphatic heterocycles. The van der Waals surface area contributed by atoms with Crippen LogP contribution in [0.3, 0.4) is 0 Å². The Bertz CT molecular complexity index is 908. The molecule has 0 atom stereocenters. The predicted octanol–water partition coefficient (Wildman–Crippen LogP) is 1.12. The molecule has 0 unspecified atom stereocenters. The molecule has 0 radical (unpaired) electrons. The number of hydrogen-bond donors (Lipinski definition) is 1. The summed E-state index contributed by atoms with van der Waals surface area (Å²) in [4.78, 5) is 18.5. The minimum absolute atomic E-state index is 0.137.